The molecule has 0 aliphatic carbocycles. The van der Waals surface area contributed by atoms with E-state index in [1.165, 1.54) is 0 Å². The van der Waals surface area contributed by atoms with Crippen molar-refractivity contribution >= 4 is 16.7 Å². The van der Waals surface area contributed by atoms with Gasteiger partial charge in [0, 0.05) is 17.1 Å². The molecule has 0 aliphatic heterocycles. The lowest BCUT2D eigenvalue weighted by molar-refractivity contribution is -0.139. The van der Waals surface area contributed by atoms with Crippen molar-refractivity contribution in [2.24, 2.45) is 0 Å². The van der Waals surface area contributed by atoms with Crippen LogP contribution in [0, 0.1) is 0 Å². The molecular weight excluding hydrogens is 316 g/mol. The SMILES string of the molecule is O=C(CNCCc1c[nH]c2ccc(O)cc12)[C@@H](O)[C@H](O)[C@H](O)CO. The number of aromatic amines is 1. The Balaban J connectivity index is 1.82. The monoisotopic (exact) mass is 338 g/mol. The van der Waals surface area contributed by atoms with Crippen molar-refractivity contribution in [2.45, 2.75) is 24.7 Å². The Hall–Kier alpha value is -1.97. The normalized spacial score (nSPS) is 15.3. The molecule has 7 N–H and O–H groups in total. The van der Waals surface area contributed by atoms with E-state index in [0.717, 1.165) is 16.5 Å². The van der Waals surface area contributed by atoms with Crippen molar-refractivity contribution in [1.29, 1.82) is 0 Å². The number of benzene rings is 1. The van der Waals surface area contributed by atoms with Crippen molar-refractivity contribution in [2.75, 3.05) is 19.7 Å². The molecule has 0 amide bonds. The van der Waals surface area contributed by atoms with Gasteiger partial charge in [-0.05, 0) is 36.7 Å². The average Bonchev–Trinajstić information content (AvgIpc) is 2.98. The molecule has 0 spiro atoms. The van der Waals surface area contributed by atoms with Crippen molar-refractivity contribution < 1.29 is 30.3 Å². The maximum absolute atomic E-state index is 11.7. The van der Waals surface area contributed by atoms with Crippen LogP contribution in [0.25, 0.3) is 10.9 Å². The largest absolute Gasteiger partial charge is 0.508 e. The summed E-state index contributed by atoms with van der Waals surface area (Å²) in [5.74, 6) is -0.502. The summed E-state index contributed by atoms with van der Waals surface area (Å²) in [7, 11) is 0. The quantitative estimate of drug-likeness (QED) is 0.280. The maximum Gasteiger partial charge on any atom is 0.177 e. The number of nitrogens with one attached hydrogen (secondary N) is 2. The number of fused-ring (bicyclic) bond motifs is 1. The van der Waals surface area contributed by atoms with Gasteiger partial charge in [0.05, 0.1) is 13.2 Å². The molecule has 0 radical (unpaired) electrons. The number of phenols is 1. The van der Waals surface area contributed by atoms with Crippen LogP contribution in [-0.4, -0.2) is 74.3 Å². The van der Waals surface area contributed by atoms with Crippen molar-refractivity contribution in [3.05, 3.63) is 30.0 Å². The third-order valence-corrected chi connectivity index (χ3v) is 3.86. The highest BCUT2D eigenvalue weighted by Gasteiger charge is 2.29. The Kier molecular flexibility index (Phi) is 6.29. The van der Waals surface area contributed by atoms with E-state index in [-0.39, 0.29) is 12.3 Å². The Bertz CT molecular complexity index is 686. The molecule has 0 saturated carbocycles. The van der Waals surface area contributed by atoms with Gasteiger partial charge in [-0.15, -0.1) is 0 Å². The number of hydrogen-bond acceptors (Lipinski definition) is 7. The molecule has 8 heteroatoms. The van der Waals surface area contributed by atoms with Crippen LogP contribution >= 0.6 is 0 Å². The van der Waals surface area contributed by atoms with Crippen LogP contribution in [0.5, 0.6) is 5.75 Å². The number of H-pyrrole nitrogens is 1. The van der Waals surface area contributed by atoms with Gasteiger partial charge >= 0.3 is 0 Å². The lowest BCUT2D eigenvalue weighted by Gasteiger charge is -2.20. The number of phenolic OH excluding ortho intramolecular Hbond substituents is 1. The van der Waals surface area contributed by atoms with Gasteiger partial charge in [0.1, 0.15) is 24.1 Å². The predicted molar refractivity (Wildman–Crippen MR) is 86.7 cm³/mol. The summed E-state index contributed by atoms with van der Waals surface area (Å²) < 4.78 is 0. The van der Waals surface area contributed by atoms with E-state index in [1.54, 1.807) is 18.2 Å². The van der Waals surface area contributed by atoms with Crippen LogP contribution in [0.3, 0.4) is 0 Å². The minimum Gasteiger partial charge on any atom is -0.508 e. The summed E-state index contributed by atoms with van der Waals surface area (Å²) in [6, 6.07) is 5.02. The predicted octanol–water partition coefficient (Wildman–Crippen LogP) is -1.35. The van der Waals surface area contributed by atoms with Gasteiger partial charge in [0.15, 0.2) is 5.78 Å². The minimum atomic E-state index is -1.76. The number of carbonyl (C=O) groups excluding carboxylic acids is 1. The van der Waals surface area contributed by atoms with Gasteiger partial charge < -0.3 is 35.8 Å². The van der Waals surface area contributed by atoms with Crippen LogP contribution < -0.4 is 5.32 Å². The summed E-state index contributed by atoms with van der Waals surface area (Å²) in [4.78, 5) is 14.8. The molecule has 1 aromatic heterocycles. The third kappa shape index (κ3) is 4.31. The lowest BCUT2D eigenvalue weighted by atomic mass is 10.0. The zero-order chi connectivity index (χ0) is 17.7. The molecule has 24 heavy (non-hydrogen) atoms. The summed E-state index contributed by atoms with van der Waals surface area (Å²) in [6.45, 7) is -0.476. The molecule has 3 atom stereocenters. The van der Waals surface area contributed by atoms with Crippen molar-refractivity contribution in [3.63, 3.8) is 0 Å². The average molecular weight is 338 g/mol. The molecular formula is C16H22N2O6. The maximum atomic E-state index is 11.7. The highest BCUT2D eigenvalue weighted by Crippen LogP contribution is 2.22. The summed E-state index contributed by atoms with van der Waals surface area (Å²) in [6.07, 6.45) is -2.63. The van der Waals surface area contributed by atoms with E-state index in [9.17, 15) is 25.2 Å². The standard InChI is InChI=1S/C16H22N2O6/c19-8-14(22)16(24)15(23)13(21)7-17-4-3-9-6-18-12-2-1-10(20)5-11(9)12/h1-2,5-6,14-20,22-24H,3-4,7-8H2/t14-,15-,16-/m1/s1. The Morgan fingerprint density at radius 3 is 2.71 bits per heavy atom. The molecule has 1 heterocycles. The first-order chi connectivity index (χ1) is 11.4. The Labute approximate surface area is 138 Å². The lowest BCUT2D eigenvalue weighted by Crippen LogP contribution is -2.46. The van der Waals surface area contributed by atoms with E-state index in [0.29, 0.717) is 13.0 Å². The molecule has 0 fully saturated rings. The molecule has 0 bridgehead atoms. The molecule has 0 aliphatic rings. The second-order valence-corrected chi connectivity index (χ2v) is 5.62. The van der Waals surface area contributed by atoms with Gasteiger partial charge in [-0.25, -0.2) is 0 Å². The highest BCUT2D eigenvalue weighted by molar-refractivity contribution is 5.85. The fourth-order valence-corrected chi connectivity index (χ4v) is 2.42. The van der Waals surface area contributed by atoms with E-state index >= 15 is 0 Å². The van der Waals surface area contributed by atoms with Gasteiger partial charge in [-0.1, -0.05) is 0 Å². The van der Waals surface area contributed by atoms with E-state index in [2.05, 4.69) is 10.3 Å². The molecule has 0 saturated heterocycles. The number of Topliss-reactive ketones (excluding diaryl/α,β-unsaturated/α-hetero) is 1. The van der Waals surface area contributed by atoms with Crippen molar-refractivity contribution in [3.8, 4) is 5.75 Å². The Morgan fingerprint density at radius 2 is 2.00 bits per heavy atom. The third-order valence-electron chi connectivity index (χ3n) is 3.86. The molecule has 132 valence electrons. The van der Waals surface area contributed by atoms with E-state index < -0.39 is 30.7 Å². The van der Waals surface area contributed by atoms with Gasteiger partial charge in [-0.2, -0.15) is 0 Å². The summed E-state index contributed by atoms with van der Waals surface area (Å²) in [5.41, 5.74) is 1.87. The zero-order valence-electron chi connectivity index (χ0n) is 13.0. The zero-order valence-corrected chi connectivity index (χ0v) is 13.0. The first-order valence-corrected chi connectivity index (χ1v) is 7.61. The summed E-state index contributed by atoms with van der Waals surface area (Å²) >= 11 is 0. The number of rotatable bonds is 9. The number of aromatic hydroxyl groups is 1. The number of carbonyl (C=O) groups is 1. The number of aromatic nitrogens is 1. The molecule has 2 rings (SSSR count). The molecule has 2 aromatic rings. The van der Waals surface area contributed by atoms with Gasteiger partial charge in [0.2, 0.25) is 0 Å². The van der Waals surface area contributed by atoms with Gasteiger partial charge in [0.25, 0.3) is 0 Å². The number of ketones is 1. The van der Waals surface area contributed by atoms with E-state index in [1.807, 2.05) is 6.20 Å². The first kappa shape index (κ1) is 18.4. The van der Waals surface area contributed by atoms with Crippen LogP contribution in [0.2, 0.25) is 0 Å². The molecule has 1 aromatic carbocycles. The molecule has 8 nitrogen and oxygen atoms in total. The fraction of sp³-hybridized carbons (Fsp3) is 0.438. The van der Waals surface area contributed by atoms with Crippen LogP contribution in [0.15, 0.2) is 24.4 Å². The smallest absolute Gasteiger partial charge is 0.177 e. The second kappa shape index (κ2) is 8.22. The number of hydrogen-bond donors (Lipinski definition) is 7. The molecule has 0 unspecified atom stereocenters. The van der Waals surface area contributed by atoms with Crippen LogP contribution in [0.1, 0.15) is 5.56 Å². The summed E-state index contributed by atoms with van der Waals surface area (Å²) in [5, 5.41) is 50.3. The fourth-order valence-electron chi connectivity index (χ4n) is 2.42. The second-order valence-electron chi connectivity index (χ2n) is 5.62. The highest BCUT2D eigenvalue weighted by atomic mass is 16.4. The Morgan fingerprint density at radius 1 is 1.25 bits per heavy atom. The minimum absolute atomic E-state index is 0.172. The number of aliphatic hydroxyl groups excluding tert-OH is 4. The number of aliphatic hydroxyl groups is 4. The topological polar surface area (TPSA) is 146 Å². The van der Waals surface area contributed by atoms with Crippen LogP contribution in [0.4, 0.5) is 0 Å². The van der Waals surface area contributed by atoms with Crippen LogP contribution in [-0.2, 0) is 11.2 Å². The van der Waals surface area contributed by atoms with E-state index in [4.69, 9.17) is 5.11 Å². The van der Waals surface area contributed by atoms with Crippen molar-refractivity contribution in [1.82, 2.24) is 10.3 Å². The first-order valence-electron chi connectivity index (χ1n) is 7.61. The van der Waals surface area contributed by atoms with Gasteiger partial charge in [-0.3, -0.25) is 4.79 Å².